The summed E-state index contributed by atoms with van der Waals surface area (Å²) in [6.45, 7) is 4.53. The Morgan fingerprint density at radius 2 is 1.71 bits per heavy atom. The van der Waals surface area contributed by atoms with E-state index < -0.39 is 0 Å². The number of hydrogen-bond acceptors (Lipinski definition) is 4. The second kappa shape index (κ2) is 9.21. The van der Waals surface area contributed by atoms with Crippen molar-refractivity contribution in [1.82, 2.24) is 10.2 Å². The molecule has 0 atom stereocenters. The number of hydrogen-bond donors (Lipinski definition) is 1. The first-order chi connectivity index (χ1) is 13.5. The summed E-state index contributed by atoms with van der Waals surface area (Å²) in [6, 6.07) is 13.7. The van der Waals surface area contributed by atoms with Gasteiger partial charge in [-0.2, -0.15) is 0 Å². The third kappa shape index (κ3) is 5.00. The summed E-state index contributed by atoms with van der Waals surface area (Å²) in [5, 5.41) is 2.66. The van der Waals surface area contributed by atoms with Gasteiger partial charge in [0.15, 0.2) is 0 Å². The predicted molar refractivity (Wildman–Crippen MR) is 105 cm³/mol. The summed E-state index contributed by atoms with van der Waals surface area (Å²) in [6.07, 6.45) is 0. The molecule has 0 aromatic heterocycles. The summed E-state index contributed by atoms with van der Waals surface area (Å²) in [5.74, 6) is 0.264. The van der Waals surface area contributed by atoms with Crippen molar-refractivity contribution < 1.29 is 18.7 Å². The van der Waals surface area contributed by atoms with E-state index in [2.05, 4.69) is 5.32 Å². The SMILES string of the molecule is CC(=O)NCCOc1ccc(C(=O)N2CCN(c3ccccc3F)CC2)cc1. The minimum atomic E-state index is -0.239. The Balaban J connectivity index is 1.51. The van der Waals surface area contributed by atoms with Crippen molar-refractivity contribution in [2.45, 2.75) is 6.92 Å². The standard InChI is InChI=1S/C21H24FN3O3/c1-16(26)23-10-15-28-18-8-6-17(7-9-18)21(27)25-13-11-24(12-14-25)20-5-3-2-4-19(20)22/h2-9H,10-15H2,1H3,(H,23,26). The van der Waals surface area contributed by atoms with E-state index in [4.69, 9.17) is 4.74 Å². The average molecular weight is 385 g/mol. The summed E-state index contributed by atoms with van der Waals surface area (Å²) in [5.41, 5.74) is 1.17. The van der Waals surface area contributed by atoms with Crippen LogP contribution in [0.1, 0.15) is 17.3 Å². The molecule has 0 aliphatic carbocycles. The van der Waals surface area contributed by atoms with Crippen molar-refractivity contribution in [2.24, 2.45) is 0 Å². The van der Waals surface area contributed by atoms with Gasteiger partial charge in [0, 0.05) is 38.7 Å². The van der Waals surface area contributed by atoms with E-state index >= 15 is 0 Å². The minimum Gasteiger partial charge on any atom is -0.492 e. The summed E-state index contributed by atoms with van der Waals surface area (Å²) in [4.78, 5) is 27.3. The highest BCUT2D eigenvalue weighted by Gasteiger charge is 2.23. The molecule has 1 fully saturated rings. The molecular formula is C21H24FN3O3. The van der Waals surface area contributed by atoms with Crippen LogP contribution in [-0.4, -0.2) is 56.0 Å². The number of anilines is 1. The van der Waals surface area contributed by atoms with E-state index in [0.717, 1.165) is 0 Å². The van der Waals surface area contributed by atoms with Crippen molar-refractivity contribution in [3.8, 4) is 5.75 Å². The number of carbonyl (C=O) groups excluding carboxylic acids is 2. The molecule has 7 heteroatoms. The fourth-order valence-electron chi connectivity index (χ4n) is 3.13. The second-order valence-electron chi connectivity index (χ2n) is 6.59. The molecular weight excluding hydrogens is 361 g/mol. The maximum Gasteiger partial charge on any atom is 0.253 e. The van der Waals surface area contributed by atoms with E-state index in [1.54, 1.807) is 41.3 Å². The zero-order valence-electron chi connectivity index (χ0n) is 15.9. The largest absolute Gasteiger partial charge is 0.492 e. The molecule has 1 aliphatic rings. The number of benzene rings is 2. The molecule has 1 N–H and O–H groups in total. The Hall–Kier alpha value is -3.09. The number of rotatable bonds is 6. The number of nitrogens with one attached hydrogen (secondary N) is 1. The zero-order chi connectivity index (χ0) is 19.9. The number of amides is 2. The first-order valence-electron chi connectivity index (χ1n) is 9.30. The number of halogens is 1. The maximum absolute atomic E-state index is 13.9. The summed E-state index contributed by atoms with van der Waals surface area (Å²) < 4.78 is 19.5. The van der Waals surface area contributed by atoms with Crippen LogP contribution in [0.4, 0.5) is 10.1 Å². The van der Waals surface area contributed by atoms with Gasteiger partial charge < -0.3 is 19.9 Å². The van der Waals surface area contributed by atoms with Crippen LogP contribution >= 0.6 is 0 Å². The van der Waals surface area contributed by atoms with Gasteiger partial charge in [0.05, 0.1) is 12.2 Å². The van der Waals surface area contributed by atoms with Crippen molar-refractivity contribution in [2.75, 3.05) is 44.2 Å². The van der Waals surface area contributed by atoms with Gasteiger partial charge in [-0.25, -0.2) is 4.39 Å². The molecule has 0 radical (unpaired) electrons. The number of piperazine rings is 1. The third-order valence-corrected chi connectivity index (χ3v) is 4.61. The van der Waals surface area contributed by atoms with Gasteiger partial charge in [0.2, 0.25) is 5.91 Å². The van der Waals surface area contributed by atoms with Crippen molar-refractivity contribution in [3.63, 3.8) is 0 Å². The van der Waals surface area contributed by atoms with Gasteiger partial charge in [-0.1, -0.05) is 12.1 Å². The molecule has 0 unspecified atom stereocenters. The highest BCUT2D eigenvalue weighted by molar-refractivity contribution is 5.94. The number of ether oxygens (including phenoxy) is 1. The Kier molecular flexibility index (Phi) is 6.47. The lowest BCUT2D eigenvalue weighted by Gasteiger charge is -2.36. The number of nitrogens with zero attached hydrogens (tertiary/aromatic N) is 2. The van der Waals surface area contributed by atoms with Crippen LogP contribution in [-0.2, 0) is 4.79 Å². The Labute approximate surface area is 163 Å². The highest BCUT2D eigenvalue weighted by atomic mass is 19.1. The van der Waals surface area contributed by atoms with Gasteiger partial charge in [-0.15, -0.1) is 0 Å². The molecule has 2 aromatic rings. The Bertz CT molecular complexity index is 818. The Morgan fingerprint density at radius 1 is 1.04 bits per heavy atom. The molecule has 2 aromatic carbocycles. The topological polar surface area (TPSA) is 61.9 Å². The molecule has 1 aliphatic heterocycles. The molecule has 28 heavy (non-hydrogen) atoms. The van der Waals surface area contributed by atoms with E-state index in [1.165, 1.54) is 13.0 Å². The molecule has 0 bridgehead atoms. The average Bonchev–Trinajstić information content (AvgIpc) is 2.71. The maximum atomic E-state index is 13.9. The van der Waals surface area contributed by atoms with Gasteiger partial charge in [0.1, 0.15) is 18.2 Å². The number of para-hydroxylation sites is 1. The molecule has 6 nitrogen and oxygen atoms in total. The van der Waals surface area contributed by atoms with E-state index in [-0.39, 0.29) is 17.6 Å². The van der Waals surface area contributed by atoms with E-state index in [1.807, 2.05) is 11.0 Å². The predicted octanol–water partition coefficient (Wildman–Crippen LogP) is 2.30. The van der Waals surface area contributed by atoms with Crippen molar-refractivity contribution >= 4 is 17.5 Å². The molecule has 1 saturated heterocycles. The van der Waals surface area contributed by atoms with E-state index in [9.17, 15) is 14.0 Å². The highest BCUT2D eigenvalue weighted by Crippen LogP contribution is 2.21. The molecule has 148 valence electrons. The van der Waals surface area contributed by atoms with Gasteiger partial charge in [0.25, 0.3) is 5.91 Å². The fourth-order valence-corrected chi connectivity index (χ4v) is 3.13. The van der Waals surface area contributed by atoms with Crippen LogP contribution < -0.4 is 15.0 Å². The van der Waals surface area contributed by atoms with Crippen molar-refractivity contribution in [1.29, 1.82) is 0 Å². The zero-order valence-corrected chi connectivity index (χ0v) is 15.9. The fraction of sp³-hybridized carbons (Fsp3) is 0.333. The van der Waals surface area contributed by atoms with Crippen LogP contribution in [0.5, 0.6) is 5.75 Å². The van der Waals surface area contributed by atoms with Crippen LogP contribution in [0.3, 0.4) is 0 Å². The van der Waals surface area contributed by atoms with Gasteiger partial charge >= 0.3 is 0 Å². The molecule has 0 saturated carbocycles. The molecule has 3 rings (SSSR count). The summed E-state index contributed by atoms with van der Waals surface area (Å²) in [7, 11) is 0. The number of carbonyl (C=O) groups is 2. The lowest BCUT2D eigenvalue weighted by Crippen LogP contribution is -2.49. The van der Waals surface area contributed by atoms with Crippen LogP contribution in [0, 0.1) is 5.82 Å². The third-order valence-electron chi connectivity index (χ3n) is 4.61. The monoisotopic (exact) mass is 385 g/mol. The quantitative estimate of drug-likeness (QED) is 0.776. The van der Waals surface area contributed by atoms with Crippen LogP contribution in [0.15, 0.2) is 48.5 Å². The summed E-state index contributed by atoms with van der Waals surface area (Å²) >= 11 is 0. The van der Waals surface area contributed by atoms with Crippen LogP contribution in [0.2, 0.25) is 0 Å². The first-order valence-corrected chi connectivity index (χ1v) is 9.30. The second-order valence-corrected chi connectivity index (χ2v) is 6.59. The minimum absolute atomic E-state index is 0.0435. The van der Waals surface area contributed by atoms with Crippen molar-refractivity contribution in [3.05, 3.63) is 59.9 Å². The van der Waals surface area contributed by atoms with Crippen LogP contribution in [0.25, 0.3) is 0 Å². The molecule has 1 heterocycles. The molecule has 2 amide bonds. The lowest BCUT2D eigenvalue weighted by atomic mass is 10.1. The first kappa shape index (κ1) is 19.7. The van der Waals surface area contributed by atoms with Gasteiger partial charge in [-0.3, -0.25) is 9.59 Å². The lowest BCUT2D eigenvalue weighted by molar-refractivity contribution is -0.119. The molecule has 0 spiro atoms. The Morgan fingerprint density at radius 3 is 2.36 bits per heavy atom. The van der Waals surface area contributed by atoms with E-state index in [0.29, 0.717) is 56.3 Å². The van der Waals surface area contributed by atoms with Gasteiger partial charge in [-0.05, 0) is 36.4 Å². The normalized spacial score (nSPS) is 13.9. The smallest absolute Gasteiger partial charge is 0.253 e.